The fourth-order valence-corrected chi connectivity index (χ4v) is 4.01. The zero-order valence-electron chi connectivity index (χ0n) is 14.8. The Bertz CT molecular complexity index is 695. The van der Waals surface area contributed by atoms with Crippen molar-refractivity contribution in [3.63, 3.8) is 0 Å². The summed E-state index contributed by atoms with van der Waals surface area (Å²) in [6.45, 7) is 5.10. The number of aromatic nitrogens is 4. The van der Waals surface area contributed by atoms with Gasteiger partial charge in [0.2, 0.25) is 5.91 Å². The molecule has 1 aliphatic carbocycles. The number of pyridine rings is 1. The van der Waals surface area contributed by atoms with Crippen molar-refractivity contribution in [1.82, 2.24) is 25.1 Å². The predicted octanol–water partition coefficient (Wildman–Crippen LogP) is 3.15. The average molecular weight is 359 g/mol. The Morgan fingerprint density at radius 3 is 2.64 bits per heavy atom. The molecule has 1 aliphatic rings. The fourth-order valence-electron chi connectivity index (χ4n) is 3.20. The van der Waals surface area contributed by atoms with Crippen LogP contribution in [0.15, 0.2) is 29.7 Å². The zero-order chi connectivity index (χ0) is 17.6. The van der Waals surface area contributed by atoms with E-state index in [1.54, 1.807) is 12.4 Å². The second kappa shape index (κ2) is 8.47. The van der Waals surface area contributed by atoms with Crippen molar-refractivity contribution in [2.24, 2.45) is 5.92 Å². The topological polar surface area (TPSA) is 72.7 Å². The summed E-state index contributed by atoms with van der Waals surface area (Å²) < 4.78 is 2.04. The van der Waals surface area contributed by atoms with Crippen LogP contribution >= 0.6 is 11.8 Å². The van der Waals surface area contributed by atoms with Gasteiger partial charge in [0.1, 0.15) is 0 Å². The van der Waals surface area contributed by atoms with Gasteiger partial charge >= 0.3 is 0 Å². The molecule has 1 N–H and O–H groups in total. The molecule has 1 amide bonds. The molecule has 1 fully saturated rings. The van der Waals surface area contributed by atoms with Crippen molar-refractivity contribution in [3.05, 3.63) is 24.5 Å². The van der Waals surface area contributed by atoms with E-state index < -0.39 is 0 Å². The summed E-state index contributed by atoms with van der Waals surface area (Å²) in [4.78, 5) is 16.3. The van der Waals surface area contributed by atoms with E-state index in [4.69, 9.17) is 0 Å². The number of nitrogens with one attached hydrogen (secondary N) is 1. The predicted molar refractivity (Wildman–Crippen MR) is 99.2 cm³/mol. The SMILES string of the molecule is CCn1c(SCC(=O)NC2CCC(C)CC2)nnc1-c1ccncc1. The van der Waals surface area contributed by atoms with Crippen molar-refractivity contribution in [1.29, 1.82) is 0 Å². The monoisotopic (exact) mass is 359 g/mol. The first-order valence-electron chi connectivity index (χ1n) is 8.93. The summed E-state index contributed by atoms with van der Waals surface area (Å²) in [7, 11) is 0. The van der Waals surface area contributed by atoms with Crippen LogP contribution in [0.4, 0.5) is 0 Å². The van der Waals surface area contributed by atoms with Crippen molar-refractivity contribution in [2.75, 3.05) is 5.75 Å². The number of thioether (sulfide) groups is 1. The van der Waals surface area contributed by atoms with E-state index in [-0.39, 0.29) is 5.91 Å². The minimum Gasteiger partial charge on any atom is -0.353 e. The maximum atomic E-state index is 12.2. The molecule has 0 atom stereocenters. The summed E-state index contributed by atoms with van der Waals surface area (Å²) >= 11 is 1.45. The molecule has 134 valence electrons. The zero-order valence-corrected chi connectivity index (χ0v) is 15.6. The lowest BCUT2D eigenvalue weighted by Crippen LogP contribution is -2.38. The van der Waals surface area contributed by atoms with E-state index in [2.05, 4.69) is 34.3 Å². The summed E-state index contributed by atoms with van der Waals surface area (Å²) in [5.41, 5.74) is 0.983. The van der Waals surface area contributed by atoms with Gasteiger partial charge in [-0.1, -0.05) is 18.7 Å². The van der Waals surface area contributed by atoms with Crippen molar-refractivity contribution >= 4 is 17.7 Å². The fraction of sp³-hybridized carbons (Fsp3) is 0.556. The molecule has 6 nitrogen and oxygen atoms in total. The van der Waals surface area contributed by atoms with Crippen LogP contribution in [-0.4, -0.2) is 37.5 Å². The van der Waals surface area contributed by atoms with Crippen LogP contribution in [0, 0.1) is 5.92 Å². The summed E-state index contributed by atoms with van der Waals surface area (Å²) in [6, 6.07) is 4.17. The molecular weight excluding hydrogens is 334 g/mol. The Kier molecular flexibility index (Phi) is 6.07. The van der Waals surface area contributed by atoms with Gasteiger partial charge < -0.3 is 9.88 Å². The highest BCUT2D eigenvalue weighted by atomic mass is 32.2. The van der Waals surface area contributed by atoms with Crippen LogP contribution in [0.5, 0.6) is 0 Å². The minimum atomic E-state index is 0.0840. The van der Waals surface area contributed by atoms with Gasteiger partial charge in [0.05, 0.1) is 5.75 Å². The number of hydrogen-bond acceptors (Lipinski definition) is 5. The number of carbonyl (C=O) groups excluding carboxylic acids is 1. The number of nitrogens with zero attached hydrogens (tertiary/aromatic N) is 4. The maximum absolute atomic E-state index is 12.2. The molecule has 3 rings (SSSR count). The van der Waals surface area contributed by atoms with Crippen LogP contribution in [-0.2, 0) is 11.3 Å². The average Bonchev–Trinajstić information content (AvgIpc) is 3.05. The number of hydrogen-bond donors (Lipinski definition) is 1. The van der Waals surface area contributed by atoms with Gasteiger partial charge in [0.15, 0.2) is 11.0 Å². The number of amides is 1. The Labute approximate surface area is 152 Å². The smallest absolute Gasteiger partial charge is 0.230 e. The molecule has 0 bridgehead atoms. The molecule has 1 saturated carbocycles. The summed E-state index contributed by atoms with van der Waals surface area (Å²) in [6.07, 6.45) is 8.09. The minimum absolute atomic E-state index is 0.0840. The van der Waals surface area contributed by atoms with E-state index in [1.165, 1.54) is 24.6 Å². The first-order chi connectivity index (χ1) is 12.2. The molecule has 0 unspecified atom stereocenters. The second-order valence-electron chi connectivity index (χ2n) is 6.60. The van der Waals surface area contributed by atoms with E-state index >= 15 is 0 Å². The maximum Gasteiger partial charge on any atom is 0.230 e. The van der Waals surface area contributed by atoms with Crippen molar-refractivity contribution in [2.45, 2.75) is 57.3 Å². The lowest BCUT2D eigenvalue weighted by atomic mass is 9.87. The van der Waals surface area contributed by atoms with E-state index in [0.717, 1.165) is 41.8 Å². The van der Waals surface area contributed by atoms with Crippen LogP contribution < -0.4 is 5.32 Å². The lowest BCUT2D eigenvalue weighted by Gasteiger charge is -2.26. The largest absolute Gasteiger partial charge is 0.353 e. The summed E-state index contributed by atoms with van der Waals surface area (Å²) in [5.74, 6) is 2.06. The second-order valence-corrected chi connectivity index (χ2v) is 7.54. The molecule has 25 heavy (non-hydrogen) atoms. The van der Waals surface area contributed by atoms with E-state index in [1.807, 2.05) is 16.7 Å². The highest BCUT2D eigenvalue weighted by molar-refractivity contribution is 7.99. The molecule has 0 spiro atoms. The molecule has 0 aromatic carbocycles. The molecule has 2 heterocycles. The van der Waals surface area contributed by atoms with Crippen LogP contribution in [0.2, 0.25) is 0 Å². The Morgan fingerprint density at radius 1 is 1.24 bits per heavy atom. The summed E-state index contributed by atoms with van der Waals surface area (Å²) in [5, 5.41) is 12.5. The molecule has 2 aromatic rings. The number of carbonyl (C=O) groups is 1. The number of rotatable bonds is 6. The van der Waals surface area contributed by atoms with Crippen LogP contribution in [0.25, 0.3) is 11.4 Å². The Balaban J connectivity index is 1.58. The third-order valence-corrected chi connectivity index (χ3v) is 5.65. The van der Waals surface area contributed by atoms with Gasteiger partial charge in [0.25, 0.3) is 0 Å². The van der Waals surface area contributed by atoms with Gasteiger partial charge in [-0.25, -0.2) is 0 Å². The van der Waals surface area contributed by atoms with Crippen LogP contribution in [0.3, 0.4) is 0 Å². The quantitative estimate of drug-likeness (QED) is 0.802. The van der Waals surface area contributed by atoms with Gasteiger partial charge in [-0.15, -0.1) is 10.2 Å². The molecule has 0 aliphatic heterocycles. The van der Waals surface area contributed by atoms with Gasteiger partial charge in [-0.3, -0.25) is 9.78 Å². The highest BCUT2D eigenvalue weighted by Gasteiger charge is 2.20. The van der Waals surface area contributed by atoms with Crippen molar-refractivity contribution in [3.8, 4) is 11.4 Å². The molecule has 0 saturated heterocycles. The Morgan fingerprint density at radius 2 is 1.96 bits per heavy atom. The van der Waals surface area contributed by atoms with Gasteiger partial charge in [-0.2, -0.15) is 0 Å². The lowest BCUT2D eigenvalue weighted by molar-refractivity contribution is -0.119. The van der Waals surface area contributed by atoms with Gasteiger partial charge in [0, 0.05) is 30.5 Å². The Hall–Kier alpha value is -1.89. The van der Waals surface area contributed by atoms with Gasteiger partial charge in [-0.05, 0) is 50.7 Å². The van der Waals surface area contributed by atoms with E-state index in [0.29, 0.717) is 11.8 Å². The first kappa shape index (κ1) is 17.9. The first-order valence-corrected chi connectivity index (χ1v) is 9.91. The van der Waals surface area contributed by atoms with E-state index in [9.17, 15) is 4.79 Å². The standard InChI is InChI=1S/C18H25N5OS/c1-3-23-17(14-8-10-19-11-9-14)21-22-18(23)25-12-16(24)20-15-6-4-13(2)5-7-15/h8-11,13,15H,3-7,12H2,1-2H3,(H,20,24). The normalized spacial score (nSPS) is 20.4. The van der Waals surface area contributed by atoms with Crippen LogP contribution in [0.1, 0.15) is 39.5 Å². The molecular formula is C18H25N5OS. The molecule has 0 radical (unpaired) electrons. The third kappa shape index (κ3) is 4.60. The highest BCUT2D eigenvalue weighted by Crippen LogP contribution is 2.25. The molecule has 2 aromatic heterocycles. The third-order valence-electron chi connectivity index (χ3n) is 4.68. The van der Waals surface area contributed by atoms with Crippen molar-refractivity contribution < 1.29 is 4.79 Å². The molecule has 7 heteroatoms.